The Kier molecular flexibility index (Phi) is 3.48. The normalized spacial score (nSPS) is 13.1. The summed E-state index contributed by atoms with van der Waals surface area (Å²) in [7, 11) is 0. The highest BCUT2D eigenvalue weighted by molar-refractivity contribution is 5.76. The minimum atomic E-state index is -0.544. The maximum Gasteiger partial charge on any atom is 0.298 e. The van der Waals surface area contributed by atoms with Gasteiger partial charge in [0.05, 0.1) is 0 Å². The van der Waals surface area contributed by atoms with Crippen molar-refractivity contribution in [2.75, 3.05) is 0 Å². The van der Waals surface area contributed by atoms with E-state index < -0.39 is 6.67 Å². The highest BCUT2D eigenvalue weighted by Gasteiger charge is 2.17. The SMILES string of the molecule is O=COc1ccccc1-c1cc2c(cc1CF)CNC2. The van der Waals surface area contributed by atoms with Crippen molar-refractivity contribution in [3.8, 4) is 16.9 Å². The molecule has 20 heavy (non-hydrogen) atoms. The van der Waals surface area contributed by atoms with Crippen LogP contribution in [0.4, 0.5) is 4.39 Å². The van der Waals surface area contributed by atoms with Crippen LogP contribution in [0.3, 0.4) is 0 Å². The fourth-order valence-electron chi connectivity index (χ4n) is 2.61. The van der Waals surface area contributed by atoms with Gasteiger partial charge in [-0.1, -0.05) is 24.3 Å². The van der Waals surface area contributed by atoms with E-state index in [-0.39, 0.29) is 0 Å². The van der Waals surface area contributed by atoms with Crippen molar-refractivity contribution >= 4 is 6.47 Å². The van der Waals surface area contributed by atoms with Crippen molar-refractivity contribution in [2.45, 2.75) is 19.8 Å². The Hall–Kier alpha value is -2.20. The molecular formula is C16H14FNO2. The van der Waals surface area contributed by atoms with Crippen LogP contribution in [0.2, 0.25) is 0 Å². The third-order valence-electron chi connectivity index (χ3n) is 3.55. The molecule has 0 bridgehead atoms. The van der Waals surface area contributed by atoms with Crippen molar-refractivity contribution in [3.05, 3.63) is 53.1 Å². The van der Waals surface area contributed by atoms with Gasteiger partial charge in [-0.3, -0.25) is 4.79 Å². The Bertz CT molecular complexity index is 655. The maximum absolute atomic E-state index is 13.3. The maximum atomic E-state index is 13.3. The first kappa shape index (κ1) is 12.8. The van der Waals surface area contributed by atoms with Gasteiger partial charge in [0.15, 0.2) is 0 Å². The zero-order chi connectivity index (χ0) is 13.9. The van der Waals surface area contributed by atoms with Gasteiger partial charge in [-0.15, -0.1) is 0 Å². The van der Waals surface area contributed by atoms with Crippen molar-refractivity contribution in [1.29, 1.82) is 0 Å². The highest BCUT2D eigenvalue weighted by atomic mass is 19.1. The zero-order valence-corrected chi connectivity index (χ0v) is 10.9. The van der Waals surface area contributed by atoms with Gasteiger partial charge in [-0.05, 0) is 34.4 Å². The number of alkyl halides is 1. The second-order valence-corrected chi connectivity index (χ2v) is 4.73. The number of fused-ring (bicyclic) bond motifs is 1. The molecule has 0 amide bonds. The summed E-state index contributed by atoms with van der Waals surface area (Å²) >= 11 is 0. The van der Waals surface area contributed by atoms with Crippen molar-refractivity contribution in [3.63, 3.8) is 0 Å². The lowest BCUT2D eigenvalue weighted by Crippen LogP contribution is -1.99. The van der Waals surface area contributed by atoms with Crippen LogP contribution in [0.25, 0.3) is 11.1 Å². The molecule has 0 atom stereocenters. The molecule has 2 aromatic rings. The lowest BCUT2D eigenvalue weighted by molar-refractivity contribution is -0.120. The average molecular weight is 271 g/mol. The standard InChI is InChI=1S/C16H14FNO2/c17-7-11-5-12-8-18-9-13(12)6-15(11)14-3-1-2-4-16(14)20-10-19/h1-6,10,18H,7-9H2. The van der Waals surface area contributed by atoms with Gasteiger partial charge in [-0.25, -0.2) is 4.39 Å². The predicted molar refractivity (Wildman–Crippen MR) is 73.9 cm³/mol. The lowest BCUT2D eigenvalue weighted by Gasteiger charge is -2.13. The quantitative estimate of drug-likeness (QED) is 0.869. The third-order valence-corrected chi connectivity index (χ3v) is 3.55. The van der Waals surface area contributed by atoms with E-state index in [4.69, 9.17) is 4.74 Å². The summed E-state index contributed by atoms with van der Waals surface area (Å²) in [5.74, 6) is 0.447. The number of rotatable bonds is 4. The molecule has 1 aliphatic heterocycles. The molecular weight excluding hydrogens is 257 g/mol. The van der Waals surface area contributed by atoms with Crippen molar-refractivity contribution in [1.82, 2.24) is 5.32 Å². The Morgan fingerprint density at radius 3 is 2.65 bits per heavy atom. The van der Waals surface area contributed by atoms with Crippen LogP contribution in [0.1, 0.15) is 16.7 Å². The molecule has 2 aromatic carbocycles. The number of nitrogens with one attached hydrogen (secondary N) is 1. The summed E-state index contributed by atoms with van der Waals surface area (Å²) in [6, 6.07) is 11.0. The summed E-state index contributed by atoms with van der Waals surface area (Å²) in [4.78, 5) is 10.6. The number of hydrogen-bond donors (Lipinski definition) is 1. The number of hydrogen-bond acceptors (Lipinski definition) is 3. The molecule has 0 unspecified atom stereocenters. The second-order valence-electron chi connectivity index (χ2n) is 4.73. The molecule has 0 saturated carbocycles. The Labute approximate surface area is 116 Å². The van der Waals surface area contributed by atoms with E-state index in [1.54, 1.807) is 12.1 Å². The molecule has 1 heterocycles. The number of ether oxygens (including phenoxy) is 1. The summed E-state index contributed by atoms with van der Waals surface area (Å²) in [6.45, 7) is 1.40. The first-order chi connectivity index (χ1) is 9.83. The summed E-state index contributed by atoms with van der Waals surface area (Å²) in [5, 5.41) is 3.25. The topological polar surface area (TPSA) is 38.3 Å². The van der Waals surface area contributed by atoms with E-state index >= 15 is 0 Å². The van der Waals surface area contributed by atoms with Gasteiger partial charge in [0, 0.05) is 18.7 Å². The fourth-order valence-corrected chi connectivity index (χ4v) is 2.61. The minimum Gasteiger partial charge on any atom is -0.428 e. The van der Waals surface area contributed by atoms with Gasteiger partial charge in [0.2, 0.25) is 0 Å². The van der Waals surface area contributed by atoms with Crippen LogP contribution >= 0.6 is 0 Å². The lowest BCUT2D eigenvalue weighted by atomic mass is 9.95. The van der Waals surface area contributed by atoms with Crippen LogP contribution in [0, 0.1) is 0 Å². The molecule has 0 fully saturated rings. The molecule has 1 aliphatic rings. The van der Waals surface area contributed by atoms with Crippen LogP contribution < -0.4 is 10.1 Å². The Morgan fingerprint density at radius 2 is 1.90 bits per heavy atom. The molecule has 4 heteroatoms. The molecule has 0 aliphatic carbocycles. The third kappa shape index (κ3) is 2.18. The van der Waals surface area contributed by atoms with Crippen LogP contribution in [-0.4, -0.2) is 6.47 Å². The number of halogens is 1. The highest BCUT2D eigenvalue weighted by Crippen LogP contribution is 2.35. The molecule has 3 nitrogen and oxygen atoms in total. The minimum absolute atomic E-state index is 0.392. The Morgan fingerprint density at radius 1 is 1.15 bits per heavy atom. The molecule has 102 valence electrons. The summed E-state index contributed by atoms with van der Waals surface area (Å²) in [6.07, 6.45) is 0. The van der Waals surface area contributed by atoms with E-state index in [2.05, 4.69) is 5.32 Å². The second kappa shape index (κ2) is 5.43. The van der Waals surface area contributed by atoms with Gasteiger partial charge in [-0.2, -0.15) is 0 Å². The largest absolute Gasteiger partial charge is 0.428 e. The van der Waals surface area contributed by atoms with E-state index in [0.29, 0.717) is 17.8 Å². The average Bonchev–Trinajstić information content (AvgIpc) is 2.94. The van der Waals surface area contributed by atoms with Crippen molar-refractivity contribution in [2.24, 2.45) is 0 Å². The first-order valence-corrected chi connectivity index (χ1v) is 6.44. The summed E-state index contributed by atoms with van der Waals surface area (Å²) < 4.78 is 18.3. The van der Waals surface area contributed by atoms with Gasteiger partial charge < -0.3 is 10.1 Å². The molecule has 0 saturated heterocycles. The number of benzene rings is 2. The van der Waals surface area contributed by atoms with Crippen LogP contribution in [0.5, 0.6) is 5.75 Å². The molecule has 0 spiro atoms. The van der Waals surface area contributed by atoms with Crippen molar-refractivity contribution < 1.29 is 13.9 Å². The predicted octanol–water partition coefficient (Wildman–Crippen LogP) is 2.96. The fraction of sp³-hybridized carbons (Fsp3) is 0.188. The number of carbonyl (C=O) groups excluding carboxylic acids is 1. The molecule has 1 N–H and O–H groups in total. The van der Waals surface area contributed by atoms with Gasteiger partial charge in [0.25, 0.3) is 6.47 Å². The van der Waals surface area contributed by atoms with Gasteiger partial charge in [0.1, 0.15) is 12.4 Å². The van der Waals surface area contributed by atoms with E-state index in [0.717, 1.165) is 35.3 Å². The van der Waals surface area contributed by atoms with Crippen LogP contribution in [-0.2, 0) is 24.6 Å². The van der Waals surface area contributed by atoms with E-state index in [9.17, 15) is 9.18 Å². The monoisotopic (exact) mass is 271 g/mol. The smallest absolute Gasteiger partial charge is 0.298 e. The zero-order valence-electron chi connectivity index (χ0n) is 10.9. The van der Waals surface area contributed by atoms with Gasteiger partial charge >= 0.3 is 0 Å². The number of carbonyl (C=O) groups is 1. The molecule has 0 radical (unpaired) electrons. The first-order valence-electron chi connectivity index (χ1n) is 6.44. The Balaban J connectivity index is 2.16. The molecule has 3 rings (SSSR count). The van der Waals surface area contributed by atoms with E-state index in [1.165, 1.54) is 0 Å². The number of para-hydroxylation sites is 1. The molecule has 0 aromatic heterocycles. The van der Waals surface area contributed by atoms with E-state index in [1.807, 2.05) is 24.3 Å². The van der Waals surface area contributed by atoms with Crippen LogP contribution in [0.15, 0.2) is 36.4 Å². The summed E-state index contributed by atoms with van der Waals surface area (Å²) in [5.41, 5.74) is 4.44.